The van der Waals surface area contributed by atoms with Gasteiger partial charge in [0.25, 0.3) is 0 Å². The van der Waals surface area contributed by atoms with E-state index in [-0.39, 0.29) is 17.0 Å². The Morgan fingerprint density at radius 1 is 0.957 bits per heavy atom. The van der Waals surface area contributed by atoms with Crippen molar-refractivity contribution in [1.29, 1.82) is 0 Å². The number of carbonyl (C=O) groups excluding carboxylic acids is 4. The fourth-order valence-corrected chi connectivity index (χ4v) is 1.96. The predicted octanol–water partition coefficient (Wildman–Crippen LogP) is 0.861. The first-order chi connectivity index (χ1) is 10.8. The van der Waals surface area contributed by atoms with Crippen molar-refractivity contribution in [3.8, 4) is 0 Å². The van der Waals surface area contributed by atoms with Crippen LogP contribution in [0.3, 0.4) is 0 Å². The summed E-state index contributed by atoms with van der Waals surface area (Å²) in [5.74, 6) is -4.31. The molecule has 0 aliphatic heterocycles. The highest BCUT2D eigenvalue weighted by atomic mass is 16.5. The Morgan fingerprint density at radius 2 is 1.52 bits per heavy atom. The number of anilines is 1. The summed E-state index contributed by atoms with van der Waals surface area (Å²) in [7, 11) is 3.38. The Morgan fingerprint density at radius 3 is 1.96 bits per heavy atom. The van der Waals surface area contributed by atoms with Gasteiger partial charge in [0.1, 0.15) is 0 Å². The predicted molar refractivity (Wildman–Crippen MR) is 78.9 cm³/mol. The summed E-state index contributed by atoms with van der Waals surface area (Å²) in [6.45, 7) is 1.30. The monoisotopic (exact) mass is 323 g/mol. The van der Waals surface area contributed by atoms with Crippen molar-refractivity contribution in [2.75, 3.05) is 26.6 Å². The molecule has 1 rings (SSSR count). The van der Waals surface area contributed by atoms with Crippen molar-refractivity contribution in [2.45, 2.75) is 12.8 Å². The van der Waals surface area contributed by atoms with Crippen LogP contribution in [0.5, 0.6) is 0 Å². The van der Waals surface area contributed by atoms with Gasteiger partial charge in [-0.3, -0.25) is 14.4 Å². The first-order valence-corrected chi connectivity index (χ1v) is 6.51. The second kappa shape index (κ2) is 7.92. The van der Waals surface area contributed by atoms with Crippen LogP contribution in [-0.2, 0) is 28.6 Å². The van der Waals surface area contributed by atoms with Gasteiger partial charge in [0.2, 0.25) is 5.91 Å². The van der Waals surface area contributed by atoms with E-state index < -0.39 is 23.8 Å². The van der Waals surface area contributed by atoms with Crippen molar-refractivity contribution < 1.29 is 33.4 Å². The highest BCUT2D eigenvalue weighted by Gasteiger charge is 2.34. The number of nitrogens with one attached hydrogen (secondary N) is 1. The number of carbonyl (C=O) groups is 4. The standard InChI is InChI=1S/C15H17NO7/c1-8(17)16-9-5-6-10(11(7-9)13(18)21-2)12(14(19)22-3)15(20)23-4/h5-7,12H,1-4H3,(H,16,17). The summed E-state index contributed by atoms with van der Waals surface area (Å²) >= 11 is 0. The summed E-state index contributed by atoms with van der Waals surface area (Å²) in [5, 5.41) is 2.50. The molecule has 8 nitrogen and oxygen atoms in total. The minimum absolute atomic E-state index is 0.0560. The molecule has 0 saturated carbocycles. The zero-order valence-electron chi connectivity index (χ0n) is 13.2. The van der Waals surface area contributed by atoms with E-state index in [1.165, 1.54) is 25.1 Å². The third-order valence-corrected chi connectivity index (χ3v) is 2.96. The molecule has 0 aliphatic carbocycles. The van der Waals surface area contributed by atoms with E-state index in [0.29, 0.717) is 5.69 Å². The first-order valence-electron chi connectivity index (χ1n) is 6.51. The van der Waals surface area contributed by atoms with E-state index in [1.54, 1.807) is 0 Å². The number of hydrogen-bond acceptors (Lipinski definition) is 7. The maximum atomic E-state index is 12.0. The Bertz CT molecular complexity index is 623. The van der Waals surface area contributed by atoms with Crippen LogP contribution in [0.2, 0.25) is 0 Å². The summed E-state index contributed by atoms with van der Waals surface area (Å²) < 4.78 is 13.8. The van der Waals surface area contributed by atoms with Gasteiger partial charge < -0.3 is 19.5 Å². The van der Waals surface area contributed by atoms with E-state index in [1.807, 2.05) is 0 Å². The van der Waals surface area contributed by atoms with Gasteiger partial charge in [0.05, 0.1) is 26.9 Å². The minimum atomic E-state index is -1.44. The molecule has 0 saturated heterocycles. The molecule has 0 unspecified atom stereocenters. The van der Waals surface area contributed by atoms with Gasteiger partial charge in [0.15, 0.2) is 5.92 Å². The molecule has 1 amide bonds. The molecule has 23 heavy (non-hydrogen) atoms. The molecular weight excluding hydrogens is 306 g/mol. The number of benzene rings is 1. The smallest absolute Gasteiger partial charge is 0.338 e. The van der Waals surface area contributed by atoms with Crippen molar-refractivity contribution in [3.05, 3.63) is 29.3 Å². The zero-order chi connectivity index (χ0) is 17.6. The molecule has 0 spiro atoms. The number of ether oxygens (including phenoxy) is 3. The fourth-order valence-electron chi connectivity index (χ4n) is 1.96. The molecule has 1 aromatic carbocycles. The van der Waals surface area contributed by atoms with Crippen LogP contribution in [0, 0.1) is 0 Å². The van der Waals surface area contributed by atoms with Gasteiger partial charge in [-0.25, -0.2) is 4.79 Å². The molecule has 1 N–H and O–H groups in total. The Labute approximate surface area is 132 Å². The molecule has 0 heterocycles. The van der Waals surface area contributed by atoms with Crippen LogP contribution in [0.1, 0.15) is 28.8 Å². The molecule has 1 aromatic rings. The average Bonchev–Trinajstić information content (AvgIpc) is 2.54. The van der Waals surface area contributed by atoms with Crippen molar-refractivity contribution in [2.24, 2.45) is 0 Å². The lowest BCUT2D eigenvalue weighted by Crippen LogP contribution is -2.26. The molecule has 0 fully saturated rings. The molecule has 0 radical (unpaired) electrons. The van der Waals surface area contributed by atoms with E-state index in [4.69, 9.17) is 0 Å². The Kier molecular flexibility index (Phi) is 6.25. The number of hydrogen-bond donors (Lipinski definition) is 1. The van der Waals surface area contributed by atoms with Crippen LogP contribution >= 0.6 is 0 Å². The van der Waals surface area contributed by atoms with Gasteiger partial charge in [-0.15, -0.1) is 0 Å². The zero-order valence-corrected chi connectivity index (χ0v) is 13.2. The van der Waals surface area contributed by atoms with Gasteiger partial charge >= 0.3 is 17.9 Å². The van der Waals surface area contributed by atoms with Gasteiger partial charge in [-0.1, -0.05) is 6.07 Å². The number of rotatable bonds is 5. The topological polar surface area (TPSA) is 108 Å². The molecule has 8 heteroatoms. The quantitative estimate of drug-likeness (QED) is 0.486. The molecule has 124 valence electrons. The molecule has 0 bridgehead atoms. The Hall–Kier alpha value is -2.90. The van der Waals surface area contributed by atoms with Crippen LogP contribution in [0.25, 0.3) is 0 Å². The van der Waals surface area contributed by atoms with Crippen LogP contribution in [0.4, 0.5) is 5.69 Å². The molecular formula is C15H17NO7. The van der Waals surface area contributed by atoms with Gasteiger partial charge in [-0.05, 0) is 17.7 Å². The third-order valence-electron chi connectivity index (χ3n) is 2.96. The average molecular weight is 323 g/mol. The number of esters is 3. The highest BCUT2D eigenvalue weighted by Crippen LogP contribution is 2.26. The normalized spacial score (nSPS) is 9.96. The van der Waals surface area contributed by atoms with Crippen molar-refractivity contribution in [3.63, 3.8) is 0 Å². The largest absolute Gasteiger partial charge is 0.468 e. The summed E-state index contributed by atoms with van der Waals surface area (Å²) in [6, 6.07) is 4.11. The molecule has 0 atom stereocenters. The lowest BCUT2D eigenvalue weighted by atomic mass is 9.93. The first kappa shape index (κ1) is 18.1. The summed E-state index contributed by atoms with van der Waals surface area (Å²) in [5.41, 5.74) is 0.319. The van der Waals surface area contributed by atoms with Crippen molar-refractivity contribution >= 4 is 29.5 Å². The summed E-state index contributed by atoms with van der Waals surface area (Å²) in [6.07, 6.45) is 0. The molecule has 0 aliphatic rings. The van der Waals surface area contributed by atoms with Gasteiger partial charge in [0, 0.05) is 12.6 Å². The fraction of sp³-hybridized carbons (Fsp3) is 0.333. The van der Waals surface area contributed by atoms with Crippen LogP contribution in [-0.4, -0.2) is 45.1 Å². The SMILES string of the molecule is COC(=O)c1cc(NC(C)=O)ccc1C(C(=O)OC)C(=O)OC. The van der Waals surface area contributed by atoms with E-state index in [9.17, 15) is 19.2 Å². The molecule has 0 aromatic heterocycles. The lowest BCUT2D eigenvalue weighted by Gasteiger charge is -2.16. The second-order valence-electron chi connectivity index (χ2n) is 4.45. The third kappa shape index (κ3) is 4.29. The highest BCUT2D eigenvalue weighted by molar-refractivity contribution is 6.05. The maximum absolute atomic E-state index is 12.0. The van der Waals surface area contributed by atoms with Crippen molar-refractivity contribution in [1.82, 2.24) is 0 Å². The Balaban J connectivity index is 3.47. The van der Waals surface area contributed by atoms with Crippen LogP contribution < -0.4 is 5.32 Å². The number of methoxy groups -OCH3 is 3. The van der Waals surface area contributed by atoms with E-state index in [2.05, 4.69) is 19.5 Å². The van der Waals surface area contributed by atoms with Crippen LogP contribution in [0.15, 0.2) is 18.2 Å². The summed E-state index contributed by atoms with van der Waals surface area (Å²) in [4.78, 5) is 46.9. The minimum Gasteiger partial charge on any atom is -0.468 e. The van der Waals surface area contributed by atoms with E-state index >= 15 is 0 Å². The number of amides is 1. The maximum Gasteiger partial charge on any atom is 0.338 e. The van der Waals surface area contributed by atoms with Gasteiger partial charge in [-0.2, -0.15) is 0 Å². The van der Waals surface area contributed by atoms with E-state index in [0.717, 1.165) is 21.3 Å². The second-order valence-corrected chi connectivity index (χ2v) is 4.45. The lowest BCUT2D eigenvalue weighted by molar-refractivity contribution is -0.154.